The van der Waals surface area contributed by atoms with Gasteiger partial charge in [0.15, 0.2) is 5.82 Å². The van der Waals surface area contributed by atoms with E-state index in [1.54, 1.807) is 0 Å². The largest absolute Gasteiger partial charge is 0.371 e. The molecule has 4 aromatic rings. The van der Waals surface area contributed by atoms with E-state index >= 15 is 0 Å². The third kappa shape index (κ3) is 3.57. The number of aromatic nitrogens is 4. The summed E-state index contributed by atoms with van der Waals surface area (Å²) in [6.07, 6.45) is 8.38. The van der Waals surface area contributed by atoms with Crippen molar-refractivity contribution >= 4 is 27.8 Å². The zero-order valence-corrected chi connectivity index (χ0v) is 20.6. The van der Waals surface area contributed by atoms with E-state index in [0.717, 1.165) is 72.5 Å². The summed E-state index contributed by atoms with van der Waals surface area (Å²) in [5.41, 5.74) is 7.16. The summed E-state index contributed by atoms with van der Waals surface area (Å²) in [5.74, 6) is 1.77. The zero-order chi connectivity index (χ0) is 23.6. The molecule has 3 aliphatic rings. The predicted octanol–water partition coefficient (Wildman–Crippen LogP) is 5.05. The molecule has 5 heterocycles. The van der Waals surface area contributed by atoms with Crippen LogP contribution >= 0.6 is 0 Å². The summed E-state index contributed by atoms with van der Waals surface area (Å²) in [4.78, 5) is 12.4. The summed E-state index contributed by atoms with van der Waals surface area (Å²) in [5, 5.41) is 4.77. The Hall–Kier alpha value is -3.12. The third-order valence-electron chi connectivity index (χ3n) is 8.61. The van der Waals surface area contributed by atoms with Crippen molar-refractivity contribution in [3.05, 3.63) is 54.7 Å². The van der Waals surface area contributed by atoms with Crippen molar-refractivity contribution in [2.24, 2.45) is 18.4 Å². The molecule has 7 rings (SSSR count). The number of fused-ring (bicyclic) bond motifs is 2. The number of rotatable bonds is 5. The fraction of sp³-hybridized carbons (Fsp3) is 0.448. The summed E-state index contributed by atoms with van der Waals surface area (Å²) in [6.45, 7) is 10.1. The molecule has 1 saturated carbocycles. The van der Waals surface area contributed by atoms with Crippen LogP contribution < -0.4 is 5.32 Å². The Bertz CT molecular complexity index is 1430. The van der Waals surface area contributed by atoms with E-state index in [9.17, 15) is 0 Å². The summed E-state index contributed by atoms with van der Waals surface area (Å²) in [7, 11) is 2.13. The van der Waals surface area contributed by atoms with Gasteiger partial charge in [-0.3, -0.25) is 0 Å². The van der Waals surface area contributed by atoms with Crippen LogP contribution in [0, 0.1) is 11.3 Å². The van der Waals surface area contributed by atoms with Crippen molar-refractivity contribution in [3.8, 4) is 11.5 Å². The van der Waals surface area contributed by atoms with Gasteiger partial charge in [-0.15, -0.1) is 0 Å². The number of imidazole rings is 1. The van der Waals surface area contributed by atoms with E-state index in [0.29, 0.717) is 5.41 Å². The number of piperidine rings is 1. The number of aryl methyl sites for hydroxylation is 1. The molecule has 3 fully saturated rings. The molecule has 0 radical (unpaired) electrons. The highest BCUT2D eigenvalue weighted by Gasteiger charge is 2.38. The molecular weight excluding hydrogens is 432 g/mol. The van der Waals surface area contributed by atoms with Crippen molar-refractivity contribution in [2.75, 3.05) is 26.2 Å². The molecule has 6 nitrogen and oxygen atoms in total. The minimum Gasteiger partial charge on any atom is -0.371 e. The van der Waals surface area contributed by atoms with Crippen molar-refractivity contribution in [1.29, 1.82) is 0 Å². The minimum atomic E-state index is 0.423. The number of nitrogens with zero attached hydrogens (tertiary/aromatic N) is 5. The fourth-order valence-electron chi connectivity index (χ4n) is 6.39. The molecule has 1 spiro atoms. The lowest BCUT2D eigenvalue weighted by molar-refractivity contribution is 0.151. The predicted molar refractivity (Wildman–Crippen MR) is 142 cm³/mol. The first-order valence-electron chi connectivity index (χ1n) is 13.2. The summed E-state index contributed by atoms with van der Waals surface area (Å²) >= 11 is 0. The smallest absolute Gasteiger partial charge is 0.157 e. The van der Waals surface area contributed by atoms with Crippen LogP contribution in [0.25, 0.3) is 39.3 Å². The Morgan fingerprint density at radius 1 is 1.20 bits per heavy atom. The van der Waals surface area contributed by atoms with Gasteiger partial charge in [-0.25, -0.2) is 9.97 Å². The highest BCUT2D eigenvalue weighted by molar-refractivity contribution is 5.87. The van der Waals surface area contributed by atoms with Crippen LogP contribution in [-0.4, -0.2) is 50.2 Å². The van der Waals surface area contributed by atoms with Gasteiger partial charge in [-0.05, 0) is 80.5 Å². The van der Waals surface area contributed by atoms with Gasteiger partial charge in [-0.2, -0.15) is 0 Å². The highest BCUT2D eigenvalue weighted by Crippen LogP contribution is 2.39. The molecule has 2 saturated heterocycles. The number of likely N-dealkylation sites (tertiary alicyclic amines) is 1. The number of nitrogens with one attached hydrogen (secondary N) is 1. The van der Waals surface area contributed by atoms with Crippen LogP contribution in [0.3, 0.4) is 0 Å². The summed E-state index contributed by atoms with van der Waals surface area (Å²) < 4.78 is 4.62. The maximum absolute atomic E-state index is 5.17. The quantitative estimate of drug-likeness (QED) is 0.447. The Labute approximate surface area is 206 Å². The molecule has 6 heteroatoms. The number of hydrogen-bond acceptors (Lipinski definition) is 4. The topological polar surface area (TPSA) is 50.9 Å². The first kappa shape index (κ1) is 21.2. The SMILES string of the molecule is C=C(c1ccc2c(c1)nc(-c1cc3cccnc3n1CC1CC1)n2C)N1CCCC2(CCNC2)C1. The molecule has 1 atom stereocenters. The van der Waals surface area contributed by atoms with Crippen molar-refractivity contribution in [2.45, 2.75) is 38.6 Å². The van der Waals surface area contributed by atoms with Gasteiger partial charge in [0.2, 0.25) is 0 Å². The van der Waals surface area contributed by atoms with Gasteiger partial charge in [0, 0.05) is 55.9 Å². The van der Waals surface area contributed by atoms with E-state index < -0.39 is 0 Å². The van der Waals surface area contributed by atoms with Crippen LogP contribution in [-0.2, 0) is 13.6 Å². The van der Waals surface area contributed by atoms with Gasteiger partial charge < -0.3 is 19.4 Å². The Morgan fingerprint density at radius 3 is 2.94 bits per heavy atom. The molecular formula is C29H34N6. The zero-order valence-electron chi connectivity index (χ0n) is 20.6. The Kier molecular flexibility index (Phi) is 4.81. The minimum absolute atomic E-state index is 0.423. The third-order valence-corrected chi connectivity index (χ3v) is 8.61. The second-order valence-electron chi connectivity index (χ2n) is 11.1. The van der Waals surface area contributed by atoms with E-state index in [1.807, 2.05) is 12.3 Å². The Balaban J connectivity index is 1.25. The fourth-order valence-corrected chi connectivity index (χ4v) is 6.39. The molecule has 180 valence electrons. The lowest BCUT2D eigenvalue weighted by atomic mass is 9.79. The van der Waals surface area contributed by atoms with Gasteiger partial charge in [0.05, 0.1) is 16.7 Å². The molecule has 0 bridgehead atoms. The van der Waals surface area contributed by atoms with Crippen LogP contribution in [0.5, 0.6) is 0 Å². The molecule has 1 N–H and O–H groups in total. The van der Waals surface area contributed by atoms with E-state index in [1.165, 1.54) is 43.1 Å². The van der Waals surface area contributed by atoms with E-state index in [2.05, 4.69) is 63.3 Å². The first-order valence-corrected chi connectivity index (χ1v) is 13.2. The van der Waals surface area contributed by atoms with Crippen molar-refractivity contribution in [3.63, 3.8) is 0 Å². The second-order valence-corrected chi connectivity index (χ2v) is 11.1. The van der Waals surface area contributed by atoms with Gasteiger partial charge in [0.25, 0.3) is 0 Å². The average molecular weight is 467 g/mol. The molecule has 35 heavy (non-hydrogen) atoms. The van der Waals surface area contributed by atoms with Gasteiger partial charge in [0.1, 0.15) is 5.65 Å². The van der Waals surface area contributed by atoms with Crippen LogP contribution in [0.2, 0.25) is 0 Å². The van der Waals surface area contributed by atoms with Gasteiger partial charge >= 0.3 is 0 Å². The lowest BCUT2D eigenvalue weighted by Crippen LogP contribution is -2.43. The van der Waals surface area contributed by atoms with E-state index in [-0.39, 0.29) is 0 Å². The molecule has 0 amide bonds. The Morgan fingerprint density at radius 2 is 2.11 bits per heavy atom. The maximum atomic E-state index is 5.17. The monoisotopic (exact) mass is 466 g/mol. The highest BCUT2D eigenvalue weighted by atomic mass is 15.2. The maximum Gasteiger partial charge on any atom is 0.157 e. The molecule has 1 aliphatic carbocycles. The number of hydrogen-bond donors (Lipinski definition) is 1. The lowest BCUT2D eigenvalue weighted by Gasteiger charge is -2.42. The second kappa shape index (κ2) is 7.95. The van der Waals surface area contributed by atoms with Crippen LogP contribution in [0.15, 0.2) is 49.2 Å². The van der Waals surface area contributed by atoms with Crippen LogP contribution in [0.1, 0.15) is 37.7 Å². The van der Waals surface area contributed by atoms with Crippen molar-refractivity contribution < 1.29 is 0 Å². The number of benzene rings is 1. The molecule has 2 aliphatic heterocycles. The van der Waals surface area contributed by atoms with Gasteiger partial charge in [-0.1, -0.05) is 12.6 Å². The first-order chi connectivity index (χ1) is 17.1. The standard InChI is InChI=1S/C29H34N6/c1-20(34-14-4-10-29(19-34)11-13-30-18-29)22-8-9-25-24(15-22)32-28(33(25)2)26-16-23-5-3-12-31-27(23)35(26)17-21-6-7-21/h3,5,8-9,12,15-16,21,30H,1,4,6-7,10-11,13-14,17-19H2,2H3. The molecule has 3 aromatic heterocycles. The van der Waals surface area contributed by atoms with Crippen molar-refractivity contribution in [1.82, 2.24) is 29.3 Å². The van der Waals surface area contributed by atoms with Crippen LogP contribution in [0.4, 0.5) is 0 Å². The normalized spacial score (nSPS) is 22.6. The summed E-state index contributed by atoms with van der Waals surface area (Å²) in [6, 6.07) is 13.1. The molecule has 1 aromatic carbocycles. The molecule has 1 unspecified atom stereocenters. The number of pyridine rings is 1. The average Bonchev–Trinajstić information content (AvgIpc) is 3.34. The van der Waals surface area contributed by atoms with E-state index in [4.69, 9.17) is 9.97 Å².